The van der Waals surface area contributed by atoms with Gasteiger partial charge >= 0.3 is 0 Å². The highest BCUT2D eigenvalue weighted by Crippen LogP contribution is 2.32. The van der Waals surface area contributed by atoms with Crippen molar-refractivity contribution in [1.29, 1.82) is 0 Å². The van der Waals surface area contributed by atoms with Crippen molar-refractivity contribution in [2.45, 2.75) is 38.1 Å². The van der Waals surface area contributed by atoms with Gasteiger partial charge in [0.25, 0.3) is 11.8 Å². The van der Waals surface area contributed by atoms with Crippen LogP contribution >= 0.6 is 0 Å². The van der Waals surface area contributed by atoms with Crippen LogP contribution in [0.15, 0.2) is 18.2 Å². The summed E-state index contributed by atoms with van der Waals surface area (Å²) >= 11 is 0. The monoisotopic (exact) mass is 445 g/mol. The summed E-state index contributed by atoms with van der Waals surface area (Å²) in [6.07, 6.45) is 2.86. The van der Waals surface area contributed by atoms with Crippen molar-refractivity contribution in [1.82, 2.24) is 10.2 Å². The zero-order valence-corrected chi connectivity index (χ0v) is 17.8. The van der Waals surface area contributed by atoms with Gasteiger partial charge in [-0.3, -0.25) is 29.4 Å². The Kier molecular flexibility index (Phi) is 8.46. The Labute approximate surface area is 185 Å². The third-order valence-electron chi connectivity index (χ3n) is 5.21. The predicted molar refractivity (Wildman–Crippen MR) is 113 cm³/mol. The molecule has 0 aliphatic carbocycles. The van der Waals surface area contributed by atoms with E-state index >= 15 is 0 Å². The van der Waals surface area contributed by atoms with Crippen molar-refractivity contribution >= 4 is 35.6 Å². The number of hydrogen-bond donors (Lipinski definition) is 2. The first-order valence-electron chi connectivity index (χ1n) is 10.7. The Morgan fingerprint density at radius 3 is 2.53 bits per heavy atom. The number of carbonyl (C=O) groups is 5. The Morgan fingerprint density at radius 2 is 1.78 bits per heavy atom. The maximum Gasteiger partial charge on any atom is 0.264 e. The van der Waals surface area contributed by atoms with Crippen molar-refractivity contribution in [2.24, 2.45) is 0 Å². The number of carbonyl (C=O) groups excluding carboxylic acids is 5. The minimum Gasteiger partial charge on any atom is -0.384 e. The molecule has 1 aromatic rings. The highest BCUT2D eigenvalue weighted by Gasteiger charge is 2.45. The van der Waals surface area contributed by atoms with Crippen molar-refractivity contribution in [3.8, 4) is 0 Å². The standard InChI is InChI=1S/C22H27N3O7/c26-10-3-12-32-14-4-13-31-11-2-9-23-16-6-1-5-15-19(16)22(30)25(21(15)29)17-7-8-18(27)24-20(17)28/h1,5-6,10,17,23H,2-4,7-9,11-14H2,(H,24,27,28). The molecule has 0 spiro atoms. The first kappa shape index (κ1) is 23.6. The Balaban J connectivity index is 1.47. The molecule has 1 unspecified atom stereocenters. The highest BCUT2D eigenvalue weighted by molar-refractivity contribution is 6.25. The molecule has 1 saturated heterocycles. The van der Waals surface area contributed by atoms with Gasteiger partial charge in [-0.05, 0) is 31.4 Å². The number of amides is 4. The van der Waals surface area contributed by atoms with Crippen LogP contribution in [0.1, 0.15) is 52.8 Å². The number of nitrogens with zero attached hydrogens (tertiary/aromatic N) is 1. The molecule has 2 N–H and O–H groups in total. The number of anilines is 1. The average Bonchev–Trinajstić information content (AvgIpc) is 3.03. The van der Waals surface area contributed by atoms with E-state index in [1.54, 1.807) is 18.2 Å². The second kappa shape index (κ2) is 11.5. The molecule has 1 aromatic carbocycles. The molecule has 2 aliphatic rings. The fraction of sp³-hybridized carbons (Fsp3) is 0.500. The zero-order chi connectivity index (χ0) is 22.9. The van der Waals surface area contributed by atoms with Crippen LogP contribution in [0.25, 0.3) is 0 Å². The first-order chi connectivity index (χ1) is 15.5. The minimum absolute atomic E-state index is 0.0831. The quantitative estimate of drug-likeness (QED) is 0.260. The third kappa shape index (κ3) is 5.57. The van der Waals surface area contributed by atoms with E-state index in [9.17, 15) is 24.0 Å². The number of fused-ring (bicyclic) bond motifs is 1. The lowest BCUT2D eigenvalue weighted by atomic mass is 10.0. The molecule has 0 radical (unpaired) electrons. The van der Waals surface area contributed by atoms with Crippen LogP contribution in [0.5, 0.6) is 0 Å². The number of benzene rings is 1. The summed E-state index contributed by atoms with van der Waals surface area (Å²) in [6.45, 7) is 2.58. The van der Waals surface area contributed by atoms with Crippen molar-refractivity contribution < 1.29 is 33.4 Å². The molecular weight excluding hydrogens is 418 g/mol. The molecule has 0 bridgehead atoms. The molecule has 10 heteroatoms. The van der Waals surface area contributed by atoms with Crippen LogP contribution in [0, 0.1) is 0 Å². The number of imide groups is 2. The second-order valence-corrected chi connectivity index (χ2v) is 7.49. The van der Waals surface area contributed by atoms with E-state index < -0.39 is 29.7 Å². The fourth-order valence-electron chi connectivity index (χ4n) is 3.66. The predicted octanol–water partition coefficient (Wildman–Crippen LogP) is 0.902. The minimum atomic E-state index is -0.983. The molecule has 1 atom stereocenters. The SMILES string of the molecule is O=CCCOCCCOCCCNc1cccc2c1C(=O)N(C1CCC(=O)NC1=O)C2=O. The van der Waals surface area contributed by atoms with Crippen LogP contribution in [0.4, 0.5) is 5.69 Å². The molecule has 3 rings (SSSR count). The molecule has 0 saturated carbocycles. The first-order valence-corrected chi connectivity index (χ1v) is 10.7. The topological polar surface area (TPSA) is 131 Å². The maximum absolute atomic E-state index is 13.0. The van der Waals surface area contributed by atoms with E-state index in [-0.39, 0.29) is 24.0 Å². The summed E-state index contributed by atoms with van der Waals surface area (Å²) in [6, 6.07) is 3.98. The normalized spacial score (nSPS) is 18.0. The van der Waals surface area contributed by atoms with Crippen molar-refractivity contribution in [3.05, 3.63) is 29.3 Å². The van der Waals surface area contributed by atoms with Crippen LogP contribution in [0.3, 0.4) is 0 Å². The summed E-state index contributed by atoms with van der Waals surface area (Å²) in [5, 5.41) is 5.36. The molecule has 4 amide bonds. The van der Waals surface area contributed by atoms with E-state index in [1.807, 2.05) is 0 Å². The Hall–Kier alpha value is -3.11. The van der Waals surface area contributed by atoms with Crippen molar-refractivity contribution in [3.63, 3.8) is 0 Å². The summed E-state index contributed by atoms with van der Waals surface area (Å²) < 4.78 is 10.8. The Morgan fingerprint density at radius 1 is 1.03 bits per heavy atom. The van der Waals surface area contributed by atoms with Crippen LogP contribution < -0.4 is 10.6 Å². The van der Waals surface area contributed by atoms with Crippen LogP contribution in [-0.4, -0.2) is 73.8 Å². The van der Waals surface area contributed by atoms with E-state index in [1.165, 1.54) is 0 Å². The lowest BCUT2D eigenvalue weighted by Gasteiger charge is -2.27. The number of hydrogen-bond acceptors (Lipinski definition) is 8. The molecular formula is C22H27N3O7. The van der Waals surface area contributed by atoms with E-state index in [4.69, 9.17) is 9.47 Å². The number of aldehydes is 1. The summed E-state index contributed by atoms with van der Waals surface area (Å²) in [5.41, 5.74) is 1.02. The average molecular weight is 445 g/mol. The molecule has 0 aromatic heterocycles. The van der Waals surface area contributed by atoms with Crippen LogP contribution in [-0.2, 0) is 23.9 Å². The van der Waals surface area contributed by atoms with Crippen molar-refractivity contribution in [2.75, 3.05) is 38.3 Å². The Bertz CT molecular complexity index is 886. The molecule has 32 heavy (non-hydrogen) atoms. The molecule has 2 heterocycles. The molecule has 10 nitrogen and oxygen atoms in total. The van der Waals surface area contributed by atoms with Gasteiger partial charge in [0.1, 0.15) is 12.3 Å². The number of rotatable bonds is 13. The van der Waals surface area contributed by atoms with Gasteiger partial charge in [0.2, 0.25) is 11.8 Å². The third-order valence-corrected chi connectivity index (χ3v) is 5.21. The largest absolute Gasteiger partial charge is 0.384 e. The van der Waals surface area contributed by atoms with Gasteiger partial charge in [-0.2, -0.15) is 0 Å². The van der Waals surface area contributed by atoms with Gasteiger partial charge in [0.15, 0.2) is 0 Å². The van der Waals surface area contributed by atoms with E-state index in [2.05, 4.69) is 10.6 Å². The number of ether oxygens (including phenoxy) is 2. The van der Waals surface area contributed by atoms with Gasteiger partial charge < -0.3 is 19.6 Å². The summed E-state index contributed by atoms with van der Waals surface area (Å²) in [4.78, 5) is 60.5. The van der Waals surface area contributed by atoms with Gasteiger partial charge in [-0.25, -0.2) is 0 Å². The van der Waals surface area contributed by atoms with E-state index in [0.717, 1.165) is 17.6 Å². The zero-order valence-electron chi connectivity index (χ0n) is 17.8. The maximum atomic E-state index is 13.0. The number of piperidine rings is 1. The molecule has 2 aliphatic heterocycles. The van der Waals surface area contributed by atoms with Crippen LogP contribution in [0.2, 0.25) is 0 Å². The molecule has 172 valence electrons. The molecule has 1 fully saturated rings. The summed E-state index contributed by atoms with van der Waals surface area (Å²) in [5.74, 6) is -2.09. The van der Waals surface area contributed by atoms with Gasteiger partial charge in [0.05, 0.1) is 17.7 Å². The second-order valence-electron chi connectivity index (χ2n) is 7.49. The lowest BCUT2D eigenvalue weighted by Crippen LogP contribution is -2.54. The van der Waals surface area contributed by atoms with Gasteiger partial charge in [-0.15, -0.1) is 0 Å². The highest BCUT2D eigenvalue weighted by atomic mass is 16.5. The van der Waals surface area contributed by atoms with Gasteiger partial charge in [-0.1, -0.05) is 6.07 Å². The lowest BCUT2D eigenvalue weighted by molar-refractivity contribution is -0.136. The summed E-state index contributed by atoms with van der Waals surface area (Å²) in [7, 11) is 0. The van der Waals surface area contributed by atoms with Gasteiger partial charge in [0, 0.05) is 44.9 Å². The number of nitrogens with one attached hydrogen (secondary N) is 2. The van der Waals surface area contributed by atoms with E-state index in [0.29, 0.717) is 51.5 Å². The fourth-order valence-corrected chi connectivity index (χ4v) is 3.66. The smallest absolute Gasteiger partial charge is 0.264 e.